The third-order valence-electron chi connectivity index (χ3n) is 3.22. The number of rotatable bonds is 3. The number of aromatic nitrogens is 2. The summed E-state index contributed by atoms with van der Waals surface area (Å²) in [5.74, 6) is 0.269. The Balaban J connectivity index is 2.25. The number of nitrogens with zero attached hydrogens (tertiary/aromatic N) is 4. The van der Waals surface area contributed by atoms with Crippen LogP contribution in [0.4, 0.5) is 17.5 Å². The van der Waals surface area contributed by atoms with Gasteiger partial charge in [0, 0.05) is 12.6 Å². The Morgan fingerprint density at radius 1 is 1.53 bits per heavy atom. The van der Waals surface area contributed by atoms with Crippen LogP contribution in [0.3, 0.4) is 0 Å². The summed E-state index contributed by atoms with van der Waals surface area (Å²) in [6.45, 7) is 3.44. The van der Waals surface area contributed by atoms with E-state index in [1.165, 1.54) is 0 Å². The summed E-state index contributed by atoms with van der Waals surface area (Å²) >= 11 is 0. The van der Waals surface area contributed by atoms with Crippen LogP contribution in [-0.4, -0.2) is 46.0 Å². The Morgan fingerprint density at radius 3 is 2.89 bits per heavy atom. The molecule has 1 aromatic rings. The van der Waals surface area contributed by atoms with Gasteiger partial charge in [-0.05, 0) is 33.4 Å². The largest absolute Gasteiger partial charge is 0.368 e. The Morgan fingerprint density at radius 2 is 2.26 bits per heavy atom. The lowest BCUT2D eigenvalue weighted by Crippen LogP contribution is -2.40. The van der Waals surface area contributed by atoms with Crippen molar-refractivity contribution in [3.8, 4) is 0 Å². The Kier molecular flexibility index (Phi) is 3.79. The molecule has 0 radical (unpaired) electrons. The molecule has 0 aliphatic carbocycles. The van der Waals surface area contributed by atoms with Gasteiger partial charge in [0.15, 0.2) is 0 Å². The fourth-order valence-corrected chi connectivity index (χ4v) is 2.39. The highest BCUT2D eigenvalue weighted by molar-refractivity contribution is 5.60. The van der Waals surface area contributed by atoms with E-state index in [0.717, 1.165) is 25.9 Å². The van der Waals surface area contributed by atoms with E-state index in [2.05, 4.69) is 20.2 Å². The molecule has 19 heavy (non-hydrogen) atoms. The summed E-state index contributed by atoms with van der Waals surface area (Å²) in [6, 6.07) is 0.145. The molecule has 0 bridgehead atoms. The van der Waals surface area contributed by atoms with Gasteiger partial charge in [-0.2, -0.15) is 4.98 Å². The lowest BCUT2D eigenvalue weighted by molar-refractivity contribution is -0.385. The number of likely N-dealkylation sites (N-methyl/N-ethyl adjacent to an activating group) is 1. The molecule has 1 saturated heterocycles. The maximum Gasteiger partial charge on any atom is 0.332 e. The Labute approximate surface area is 111 Å². The molecule has 0 amide bonds. The molecule has 0 saturated carbocycles. The number of aryl methyl sites for hydroxylation is 1. The number of hydrogen-bond donors (Lipinski definition) is 2. The van der Waals surface area contributed by atoms with Crippen molar-refractivity contribution in [2.75, 3.05) is 31.2 Å². The second-order valence-corrected chi connectivity index (χ2v) is 4.87. The van der Waals surface area contributed by atoms with Crippen molar-refractivity contribution in [3.05, 3.63) is 15.8 Å². The first kappa shape index (κ1) is 13.5. The minimum absolute atomic E-state index is 0.0507. The van der Waals surface area contributed by atoms with Crippen LogP contribution in [0.5, 0.6) is 0 Å². The van der Waals surface area contributed by atoms with Crippen LogP contribution >= 0.6 is 0 Å². The maximum absolute atomic E-state index is 11.1. The van der Waals surface area contributed by atoms with Crippen molar-refractivity contribution in [1.29, 1.82) is 0 Å². The van der Waals surface area contributed by atoms with Gasteiger partial charge in [0.25, 0.3) is 0 Å². The number of nitrogens with one attached hydrogen (secondary N) is 1. The van der Waals surface area contributed by atoms with Gasteiger partial charge in [0.2, 0.25) is 11.8 Å². The summed E-state index contributed by atoms with van der Waals surface area (Å²) in [6.07, 6.45) is 2.02. The molecule has 0 spiro atoms. The van der Waals surface area contributed by atoms with Crippen LogP contribution in [0.1, 0.15) is 18.5 Å². The number of hydrogen-bond acceptors (Lipinski definition) is 7. The first-order valence-corrected chi connectivity index (χ1v) is 6.21. The highest BCUT2D eigenvalue weighted by Crippen LogP contribution is 2.27. The standard InChI is InChI=1S/C11H18N6O2/c1-7-9(17(18)19)10(15-11(12)13-7)14-8-4-3-5-16(2)6-8/h8H,3-6H2,1-2H3,(H3,12,13,14,15). The first-order chi connectivity index (χ1) is 8.97. The van der Waals surface area contributed by atoms with Gasteiger partial charge in [-0.1, -0.05) is 0 Å². The lowest BCUT2D eigenvalue weighted by atomic mass is 10.1. The van der Waals surface area contributed by atoms with E-state index in [9.17, 15) is 10.1 Å². The van der Waals surface area contributed by atoms with Crippen molar-refractivity contribution in [2.24, 2.45) is 0 Å². The fraction of sp³-hybridized carbons (Fsp3) is 0.636. The second kappa shape index (κ2) is 5.35. The van der Waals surface area contributed by atoms with Crippen molar-refractivity contribution in [3.63, 3.8) is 0 Å². The molecule has 8 heteroatoms. The van der Waals surface area contributed by atoms with E-state index in [-0.39, 0.29) is 29.2 Å². The Bertz CT molecular complexity index is 492. The van der Waals surface area contributed by atoms with Crippen molar-refractivity contribution >= 4 is 17.5 Å². The Hall–Kier alpha value is -1.96. The molecule has 1 aliphatic heterocycles. The summed E-state index contributed by atoms with van der Waals surface area (Å²) in [4.78, 5) is 20.6. The number of likely N-dealkylation sites (tertiary alicyclic amines) is 1. The third kappa shape index (κ3) is 3.08. The highest BCUT2D eigenvalue weighted by atomic mass is 16.6. The molecule has 8 nitrogen and oxygen atoms in total. The van der Waals surface area contributed by atoms with Crippen LogP contribution in [0.25, 0.3) is 0 Å². The molecule has 1 aromatic heterocycles. The predicted octanol–water partition coefficient (Wildman–Crippen LogP) is 0.782. The molecule has 104 valence electrons. The van der Waals surface area contributed by atoms with Crippen molar-refractivity contribution in [1.82, 2.24) is 14.9 Å². The van der Waals surface area contributed by atoms with Gasteiger partial charge in [-0.25, -0.2) is 4.98 Å². The van der Waals surface area contributed by atoms with E-state index in [1.54, 1.807) is 6.92 Å². The zero-order chi connectivity index (χ0) is 14.0. The summed E-state index contributed by atoms with van der Waals surface area (Å²) < 4.78 is 0. The van der Waals surface area contributed by atoms with Gasteiger partial charge in [-0.3, -0.25) is 10.1 Å². The first-order valence-electron chi connectivity index (χ1n) is 6.21. The summed E-state index contributed by atoms with van der Waals surface area (Å²) in [5.41, 5.74) is 5.75. The van der Waals surface area contributed by atoms with Gasteiger partial charge in [0.1, 0.15) is 5.69 Å². The van der Waals surface area contributed by atoms with Gasteiger partial charge in [-0.15, -0.1) is 0 Å². The fourth-order valence-electron chi connectivity index (χ4n) is 2.39. The smallest absolute Gasteiger partial charge is 0.332 e. The zero-order valence-corrected chi connectivity index (χ0v) is 11.1. The van der Waals surface area contributed by atoms with Crippen LogP contribution in [0.2, 0.25) is 0 Å². The number of nitrogens with two attached hydrogens (primary N) is 1. The number of nitro groups is 1. The van der Waals surface area contributed by atoms with E-state index in [4.69, 9.17) is 5.73 Å². The highest BCUT2D eigenvalue weighted by Gasteiger charge is 2.25. The monoisotopic (exact) mass is 266 g/mol. The van der Waals surface area contributed by atoms with Crippen molar-refractivity contribution in [2.45, 2.75) is 25.8 Å². The van der Waals surface area contributed by atoms with Crippen molar-refractivity contribution < 1.29 is 4.92 Å². The average Bonchev–Trinajstić information content (AvgIpc) is 2.26. The minimum Gasteiger partial charge on any atom is -0.368 e. The topological polar surface area (TPSA) is 110 Å². The molecule has 3 N–H and O–H groups in total. The molecule has 1 aliphatic rings. The van der Waals surface area contributed by atoms with E-state index >= 15 is 0 Å². The molecular formula is C11H18N6O2. The molecular weight excluding hydrogens is 248 g/mol. The van der Waals surface area contributed by atoms with E-state index in [0.29, 0.717) is 0 Å². The van der Waals surface area contributed by atoms with Crippen LogP contribution < -0.4 is 11.1 Å². The van der Waals surface area contributed by atoms with E-state index < -0.39 is 4.92 Å². The predicted molar refractivity (Wildman–Crippen MR) is 72.0 cm³/mol. The summed E-state index contributed by atoms with van der Waals surface area (Å²) in [7, 11) is 2.03. The van der Waals surface area contributed by atoms with Gasteiger partial charge in [0.05, 0.1) is 4.92 Å². The molecule has 1 atom stereocenters. The number of anilines is 2. The molecule has 2 rings (SSSR count). The van der Waals surface area contributed by atoms with Crippen LogP contribution in [0, 0.1) is 17.0 Å². The number of nitrogen functional groups attached to an aromatic ring is 1. The zero-order valence-electron chi connectivity index (χ0n) is 11.1. The van der Waals surface area contributed by atoms with Gasteiger partial charge >= 0.3 is 5.69 Å². The quantitative estimate of drug-likeness (QED) is 0.614. The molecule has 1 unspecified atom stereocenters. The SMILES string of the molecule is Cc1nc(N)nc(NC2CCCN(C)C2)c1[N+](=O)[O-]. The lowest BCUT2D eigenvalue weighted by Gasteiger charge is -2.30. The maximum atomic E-state index is 11.1. The third-order valence-corrected chi connectivity index (χ3v) is 3.22. The second-order valence-electron chi connectivity index (χ2n) is 4.87. The molecule has 2 heterocycles. The minimum atomic E-state index is -0.469. The van der Waals surface area contributed by atoms with Crippen LogP contribution in [0.15, 0.2) is 0 Å². The van der Waals surface area contributed by atoms with Gasteiger partial charge < -0.3 is 16.0 Å². The number of piperidine rings is 1. The van der Waals surface area contributed by atoms with E-state index in [1.807, 2.05) is 7.05 Å². The summed E-state index contributed by atoms with van der Waals surface area (Å²) in [5, 5.41) is 14.2. The molecule has 0 aromatic carbocycles. The van der Waals surface area contributed by atoms with Crippen LogP contribution in [-0.2, 0) is 0 Å². The average molecular weight is 266 g/mol. The normalized spacial score (nSPS) is 20.2. The molecule has 1 fully saturated rings.